The number of benzene rings is 1. The molecule has 0 amide bonds. The Balaban J connectivity index is 2.85. The molecule has 0 bridgehead atoms. The topological polar surface area (TPSA) is 46.2 Å². The smallest absolute Gasteiger partial charge is 0.181 e. The Bertz CT molecular complexity index is 488. The van der Waals surface area contributed by atoms with Crippen LogP contribution in [-0.4, -0.2) is 26.8 Å². The van der Waals surface area contributed by atoms with E-state index in [1.807, 2.05) is 6.07 Å². The Labute approximate surface area is 124 Å². The Kier molecular flexibility index (Phi) is 7.04. The fourth-order valence-electron chi connectivity index (χ4n) is 1.99. The van der Waals surface area contributed by atoms with E-state index in [9.17, 15) is 8.42 Å². The van der Waals surface area contributed by atoms with Crippen LogP contribution in [0.3, 0.4) is 0 Å². The van der Waals surface area contributed by atoms with Gasteiger partial charge in [0.05, 0.1) is 10.6 Å². The van der Waals surface area contributed by atoms with E-state index in [0.29, 0.717) is 9.37 Å². The quantitative estimate of drug-likeness (QED) is 0.783. The minimum absolute atomic E-state index is 0.0297. The van der Waals surface area contributed by atoms with Crippen LogP contribution < -0.4 is 5.32 Å². The third-order valence-electron chi connectivity index (χ3n) is 2.91. The van der Waals surface area contributed by atoms with Crippen LogP contribution in [0, 0.1) is 0 Å². The van der Waals surface area contributed by atoms with Gasteiger partial charge < -0.3 is 5.32 Å². The van der Waals surface area contributed by atoms with Crippen LogP contribution >= 0.6 is 15.9 Å². The summed E-state index contributed by atoms with van der Waals surface area (Å²) in [4.78, 5) is 0.384. The van der Waals surface area contributed by atoms with E-state index >= 15 is 0 Å². The zero-order valence-corrected chi connectivity index (χ0v) is 13.9. The maximum atomic E-state index is 12.4. The number of sulfone groups is 1. The van der Waals surface area contributed by atoms with E-state index in [1.165, 1.54) is 0 Å². The minimum atomic E-state index is -3.25. The van der Waals surface area contributed by atoms with Crippen LogP contribution in [0.2, 0.25) is 0 Å². The molecule has 0 aliphatic heterocycles. The molecule has 1 rings (SSSR count). The predicted molar refractivity (Wildman–Crippen MR) is 83.2 cm³/mol. The second-order valence-electron chi connectivity index (χ2n) is 4.65. The first-order chi connectivity index (χ1) is 9.01. The fourth-order valence-corrected chi connectivity index (χ4v) is 4.66. The van der Waals surface area contributed by atoms with Crippen molar-refractivity contribution in [1.29, 1.82) is 0 Å². The van der Waals surface area contributed by atoms with Gasteiger partial charge in [0, 0.05) is 10.5 Å². The number of rotatable bonds is 8. The highest BCUT2D eigenvalue weighted by molar-refractivity contribution is 9.10. The summed E-state index contributed by atoms with van der Waals surface area (Å²) < 4.78 is 25.5. The van der Waals surface area contributed by atoms with Crippen molar-refractivity contribution in [2.45, 2.75) is 44.0 Å². The van der Waals surface area contributed by atoms with E-state index < -0.39 is 9.84 Å². The highest BCUT2D eigenvalue weighted by atomic mass is 79.9. The molecule has 108 valence electrons. The molecule has 0 heterocycles. The number of nitrogens with one attached hydrogen (secondary N) is 1. The molecule has 0 aliphatic carbocycles. The van der Waals surface area contributed by atoms with Gasteiger partial charge in [0.1, 0.15) is 0 Å². The predicted octanol–water partition coefficient (Wildman–Crippen LogP) is 3.39. The van der Waals surface area contributed by atoms with Crippen LogP contribution in [0.25, 0.3) is 0 Å². The molecule has 1 unspecified atom stereocenters. The van der Waals surface area contributed by atoms with Crippen molar-refractivity contribution < 1.29 is 8.42 Å². The van der Waals surface area contributed by atoms with Gasteiger partial charge in [-0.25, -0.2) is 8.42 Å². The Morgan fingerprint density at radius 2 is 1.89 bits per heavy atom. The van der Waals surface area contributed by atoms with E-state index in [1.54, 1.807) is 18.2 Å². The van der Waals surface area contributed by atoms with Crippen LogP contribution in [-0.2, 0) is 9.84 Å². The summed E-state index contributed by atoms with van der Waals surface area (Å²) in [5, 5.41) is 3.32. The molecule has 1 atom stereocenters. The molecule has 0 aromatic heterocycles. The summed E-state index contributed by atoms with van der Waals surface area (Å²) in [7, 11) is -3.25. The average Bonchev–Trinajstić information content (AvgIpc) is 2.36. The molecule has 3 nitrogen and oxygen atoms in total. The summed E-state index contributed by atoms with van der Waals surface area (Å²) in [6.45, 7) is 5.01. The molecule has 0 fully saturated rings. The Morgan fingerprint density at radius 1 is 1.21 bits per heavy atom. The zero-order chi connectivity index (χ0) is 14.3. The molecule has 0 saturated heterocycles. The average molecular weight is 348 g/mol. The SMILES string of the molecule is CCCNC(CCC)CS(=O)(=O)c1ccccc1Br. The van der Waals surface area contributed by atoms with Gasteiger partial charge in [-0.2, -0.15) is 0 Å². The largest absolute Gasteiger partial charge is 0.313 e. The molecule has 0 saturated carbocycles. The van der Waals surface area contributed by atoms with Gasteiger partial charge in [-0.3, -0.25) is 0 Å². The van der Waals surface area contributed by atoms with Gasteiger partial charge in [0.2, 0.25) is 0 Å². The first-order valence-electron chi connectivity index (χ1n) is 6.72. The van der Waals surface area contributed by atoms with Gasteiger partial charge in [-0.05, 0) is 47.4 Å². The van der Waals surface area contributed by atoms with E-state index in [0.717, 1.165) is 25.8 Å². The lowest BCUT2D eigenvalue weighted by molar-refractivity contribution is 0.499. The van der Waals surface area contributed by atoms with Crippen molar-refractivity contribution in [1.82, 2.24) is 5.32 Å². The monoisotopic (exact) mass is 347 g/mol. The lowest BCUT2D eigenvalue weighted by atomic mass is 10.2. The molecule has 0 spiro atoms. The fraction of sp³-hybridized carbons (Fsp3) is 0.571. The molecular weight excluding hydrogens is 326 g/mol. The molecule has 1 aromatic rings. The summed E-state index contributed by atoms with van der Waals surface area (Å²) in [6, 6.07) is 7.03. The van der Waals surface area contributed by atoms with Gasteiger partial charge >= 0.3 is 0 Å². The second kappa shape index (κ2) is 8.02. The second-order valence-corrected chi connectivity index (χ2v) is 7.51. The highest BCUT2D eigenvalue weighted by Gasteiger charge is 2.22. The maximum Gasteiger partial charge on any atom is 0.181 e. The van der Waals surface area contributed by atoms with E-state index in [2.05, 4.69) is 35.1 Å². The first-order valence-corrected chi connectivity index (χ1v) is 9.16. The number of hydrogen-bond donors (Lipinski definition) is 1. The van der Waals surface area contributed by atoms with Gasteiger partial charge in [0.25, 0.3) is 0 Å². The normalized spacial score (nSPS) is 13.4. The van der Waals surface area contributed by atoms with Crippen LogP contribution in [0.5, 0.6) is 0 Å². The van der Waals surface area contributed by atoms with E-state index in [-0.39, 0.29) is 11.8 Å². The highest BCUT2D eigenvalue weighted by Crippen LogP contribution is 2.23. The number of hydrogen-bond acceptors (Lipinski definition) is 3. The van der Waals surface area contributed by atoms with Crippen LogP contribution in [0.15, 0.2) is 33.6 Å². The van der Waals surface area contributed by atoms with Crippen molar-refractivity contribution in [2.24, 2.45) is 0 Å². The summed E-state index contributed by atoms with van der Waals surface area (Å²) >= 11 is 3.31. The summed E-state index contributed by atoms with van der Waals surface area (Å²) in [6.07, 6.45) is 2.87. The molecule has 0 radical (unpaired) electrons. The standard InChI is InChI=1S/C14H22BrNO2S/c1-3-7-12(16-10-4-2)11-19(17,18)14-9-6-5-8-13(14)15/h5-6,8-9,12,16H,3-4,7,10-11H2,1-2H3. The van der Waals surface area contributed by atoms with Crippen LogP contribution in [0.1, 0.15) is 33.1 Å². The molecule has 19 heavy (non-hydrogen) atoms. The van der Waals surface area contributed by atoms with Crippen molar-refractivity contribution in [2.75, 3.05) is 12.3 Å². The molecular formula is C14H22BrNO2S. The van der Waals surface area contributed by atoms with Crippen molar-refractivity contribution in [3.05, 3.63) is 28.7 Å². The van der Waals surface area contributed by atoms with E-state index in [4.69, 9.17) is 0 Å². The van der Waals surface area contributed by atoms with Crippen molar-refractivity contribution in [3.63, 3.8) is 0 Å². The first kappa shape index (κ1) is 16.7. The van der Waals surface area contributed by atoms with Crippen molar-refractivity contribution in [3.8, 4) is 0 Å². The Hall–Kier alpha value is -0.390. The molecule has 0 aliphatic rings. The lowest BCUT2D eigenvalue weighted by Crippen LogP contribution is -2.36. The lowest BCUT2D eigenvalue weighted by Gasteiger charge is -2.18. The van der Waals surface area contributed by atoms with Crippen molar-refractivity contribution >= 4 is 25.8 Å². The van der Waals surface area contributed by atoms with Crippen LogP contribution in [0.4, 0.5) is 0 Å². The third-order valence-corrected chi connectivity index (χ3v) is 5.73. The molecule has 1 aromatic carbocycles. The van der Waals surface area contributed by atoms with Gasteiger partial charge in [-0.1, -0.05) is 32.4 Å². The zero-order valence-electron chi connectivity index (χ0n) is 11.5. The molecule has 5 heteroatoms. The maximum absolute atomic E-state index is 12.4. The molecule has 1 N–H and O–H groups in total. The van der Waals surface area contributed by atoms with Gasteiger partial charge in [0.15, 0.2) is 9.84 Å². The third kappa shape index (κ3) is 5.24. The van der Waals surface area contributed by atoms with Gasteiger partial charge in [-0.15, -0.1) is 0 Å². The Morgan fingerprint density at radius 3 is 2.47 bits per heavy atom. The summed E-state index contributed by atoms with van der Waals surface area (Å²) in [5.41, 5.74) is 0. The summed E-state index contributed by atoms with van der Waals surface area (Å²) in [5.74, 6) is 0.156. The minimum Gasteiger partial charge on any atom is -0.313 e. The number of halogens is 1.